The molecule has 1 saturated heterocycles. The van der Waals surface area contributed by atoms with Crippen molar-refractivity contribution in [2.45, 2.75) is 32.2 Å². The van der Waals surface area contributed by atoms with Gasteiger partial charge in [-0.2, -0.15) is 0 Å². The van der Waals surface area contributed by atoms with Gasteiger partial charge in [-0.1, -0.05) is 13.8 Å². The third-order valence-electron chi connectivity index (χ3n) is 3.44. The molecule has 5 nitrogen and oxygen atoms in total. The van der Waals surface area contributed by atoms with E-state index in [1.807, 2.05) is 13.8 Å². The van der Waals surface area contributed by atoms with Crippen molar-refractivity contribution in [3.8, 4) is 0 Å². The number of nitrogens with one attached hydrogen (secondary N) is 1. The van der Waals surface area contributed by atoms with E-state index >= 15 is 0 Å². The van der Waals surface area contributed by atoms with Crippen LogP contribution in [0.15, 0.2) is 0 Å². The van der Waals surface area contributed by atoms with Gasteiger partial charge in [0.15, 0.2) is 0 Å². The highest BCUT2D eigenvalue weighted by Crippen LogP contribution is 2.19. The maximum Gasteiger partial charge on any atom is 0.407 e. The molecule has 0 aromatic carbocycles. The van der Waals surface area contributed by atoms with E-state index in [0.29, 0.717) is 6.54 Å². The summed E-state index contributed by atoms with van der Waals surface area (Å²) in [6, 6.07) is 0. The summed E-state index contributed by atoms with van der Waals surface area (Å²) in [6.45, 7) is 6.40. The zero-order valence-corrected chi connectivity index (χ0v) is 10.9. The van der Waals surface area contributed by atoms with Crippen molar-refractivity contribution in [3.63, 3.8) is 0 Å². The van der Waals surface area contributed by atoms with Crippen LogP contribution in [0.4, 0.5) is 4.79 Å². The molecule has 1 aliphatic rings. The van der Waals surface area contributed by atoms with Crippen LogP contribution in [-0.2, 0) is 9.53 Å². The molecule has 0 radical (unpaired) electrons. The lowest BCUT2D eigenvalue weighted by Crippen LogP contribution is -2.59. The van der Waals surface area contributed by atoms with E-state index in [4.69, 9.17) is 0 Å². The number of hydrogen-bond acceptors (Lipinski definition) is 4. The Balaban J connectivity index is 2.75. The molecule has 0 unspecified atom stereocenters. The van der Waals surface area contributed by atoms with Crippen LogP contribution < -0.4 is 5.32 Å². The molecule has 1 N–H and O–H groups in total. The van der Waals surface area contributed by atoms with Crippen LogP contribution in [0.3, 0.4) is 0 Å². The fourth-order valence-electron chi connectivity index (χ4n) is 2.12. The van der Waals surface area contributed by atoms with Gasteiger partial charge in [-0.3, -0.25) is 0 Å². The predicted molar refractivity (Wildman–Crippen MR) is 64.8 cm³/mol. The number of methoxy groups -OCH3 is 1. The SMILES string of the molecule is COC(=O)N[C@@](C=O)(CN1CCCC1)C(C)C. The monoisotopic (exact) mass is 242 g/mol. The Kier molecular flexibility index (Phi) is 4.93. The van der Waals surface area contributed by atoms with Crippen molar-refractivity contribution in [3.05, 3.63) is 0 Å². The normalized spacial score (nSPS) is 20.0. The van der Waals surface area contributed by atoms with Crippen molar-refractivity contribution in [2.24, 2.45) is 5.92 Å². The number of ether oxygens (including phenoxy) is 1. The van der Waals surface area contributed by atoms with Crippen LogP contribution in [0.5, 0.6) is 0 Å². The highest BCUT2D eigenvalue weighted by atomic mass is 16.5. The second kappa shape index (κ2) is 6.00. The third-order valence-corrected chi connectivity index (χ3v) is 3.44. The zero-order valence-electron chi connectivity index (χ0n) is 10.9. The first-order valence-electron chi connectivity index (χ1n) is 6.09. The minimum absolute atomic E-state index is 0.0275. The largest absolute Gasteiger partial charge is 0.453 e. The summed E-state index contributed by atoms with van der Waals surface area (Å²) in [5.41, 5.74) is -0.850. The second-order valence-electron chi connectivity index (χ2n) is 4.91. The maximum absolute atomic E-state index is 11.4. The average Bonchev–Trinajstić information content (AvgIpc) is 2.80. The molecule has 0 aromatic rings. The van der Waals surface area contributed by atoms with Crippen molar-refractivity contribution >= 4 is 12.4 Å². The van der Waals surface area contributed by atoms with Gasteiger partial charge in [0.05, 0.1) is 7.11 Å². The number of carbonyl (C=O) groups excluding carboxylic acids is 2. The Morgan fingerprint density at radius 3 is 2.47 bits per heavy atom. The fraction of sp³-hybridized carbons (Fsp3) is 0.833. The van der Waals surface area contributed by atoms with Crippen LogP contribution in [0.25, 0.3) is 0 Å². The lowest BCUT2D eigenvalue weighted by atomic mass is 9.87. The van der Waals surface area contributed by atoms with E-state index in [1.54, 1.807) is 0 Å². The Bertz CT molecular complexity index is 275. The third kappa shape index (κ3) is 3.43. The number of hydrogen-bond donors (Lipinski definition) is 1. The summed E-state index contributed by atoms with van der Waals surface area (Å²) in [5.74, 6) is 0.0275. The van der Waals surface area contributed by atoms with Gasteiger partial charge in [-0.05, 0) is 31.8 Å². The van der Waals surface area contributed by atoms with E-state index < -0.39 is 11.6 Å². The van der Waals surface area contributed by atoms with Crippen molar-refractivity contribution in [1.82, 2.24) is 10.2 Å². The average molecular weight is 242 g/mol. The molecular formula is C12H22N2O3. The Labute approximate surface area is 102 Å². The van der Waals surface area contributed by atoms with Crippen LogP contribution in [-0.4, -0.2) is 49.6 Å². The number of nitrogens with zero attached hydrogens (tertiary/aromatic N) is 1. The molecule has 5 heteroatoms. The summed E-state index contributed by atoms with van der Waals surface area (Å²) in [4.78, 5) is 25.0. The molecule has 17 heavy (non-hydrogen) atoms. The van der Waals surface area contributed by atoms with E-state index in [9.17, 15) is 9.59 Å². The number of likely N-dealkylation sites (tertiary alicyclic amines) is 1. The van der Waals surface area contributed by atoms with E-state index in [-0.39, 0.29) is 5.92 Å². The first-order valence-corrected chi connectivity index (χ1v) is 6.09. The summed E-state index contributed by atoms with van der Waals surface area (Å²) in [5, 5.41) is 2.69. The van der Waals surface area contributed by atoms with Crippen molar-refractivity contribution in [1.29, 1.82) is 0 Å². The smallest absolute Gasteiger partial charge is 0.407 e. The molecule has 98 valence electrons. The molecule has 1 aliphatic heterocycles. The minimum atomic E-state index is -0.850. The van der Waals surface area contributed by atoms with Crippen LogP contribution in [0.1, 0.15) is 26.7 Å². The second-order valence-corrected chi connectivity index (χ2v) is 4.91. The van der Waals surface area contributed by atoms with Gasteiger partial charge < -0.3 is 19.7 Å². The highest BCUT2D eigenvalue weighted by Gasteiger charge is 2.38. The molecule has 0 bridgehead atoms. The fourth-order valence-corrected chi connectivity index (χ4v) is 2.12. The molecule has 0 aliphatic carbocycles. The first-order chi connectivity index (χ1) is 8.04. The predicted octanol–water partition coefficient (Wildman–Crippen LogP) is 1.03. The quantitative estimate of drug-likeness (QED) is 0.732. The van der Waals surface area contributed by atoms with Crippen molar-refractivity contribution in [2.75, 3.05) is 26.7 Å². The maximum atomic E-state index is 11.4. The number of carbonyl (C=O) groups is 2. The molecular weight excluding hydrogens is 220 g/mol. The molecule has 1 heterocycles. The minimum Gasteiger partial charge on any atom is -0.453 e. The molecule has 1 fully saturated rings. The zero-order chi connectivity index (χ0) is 12.9. The number of aldehydes is 1. The van der Waals surface area contributed by atoms with E-state index in [2.05, 4.69) is 15.0 Å². The summed E-state index contributed by atoms with van der Waals surface area (Å²) >= 11 is 0. The Morgan fingerprint density at radius 2 is 2.06 bits per heavy atom. The van der Waals surface area contributed by atoms with Gasteiger partial charge in [0, 0.05) is 6.54 Å². The van der Waals surface area contributed by atoms with Crippen LogP contribution in [0, 0.1) is 5.92 Å². The van der Waals surface area contributed by atoms with Gasteiger partial charge in [-0.15, -0.1) is 0 Å². The molecule has 1 atom stereocenters. The molecule has 0 spiro atoms. The standard InChI is InChI=1S/C12H22N2O3/c1-10(2)12(9-15,13-11(16)17-3)8-14-6-4-5-7-14/h9-10H,4-8H2,1-3H3,(H,13,16)/t12-/m1/s1. The summed E-state index contributed by atoms with van der Waals surface area (Å²) < 4.78 is 4.59. The number of rotatable bonds is 5. The van der Waals surface area contributed by atoms with E-state index in [1.165, 1.54) is 7.11 Å². The van der Waals surface area contributed by atoms with Gasteiger partial charge in [0.25, 0.3) is 0 Å². The van der Waals surface area contributed by atoms with Crippen LogP contribution >= 0.6 is 0 Å². The topological polar surface area (TPSA) is 58.6 Å². The first kappa shape index (κ1) is 14.0. The molecule has 1 rings (SSSR count). The molecule has 1 amide bonds. The molecule has 0 aromatic heterocycles. The number of amides is 1. The van der Waals surface area contributed by atoms with Crippen LogP contribution in [0.2, 0.25) is 0 Å². The Hall–Kier alpha value is -1.10. The number of alkyl carbamates (subject to hydrolysis) is 1. The highest BCUT2D eigenvalue weighted by molar-refractivity contribution is 5.77. The van der Waals surface area contributed by atoms with Gasteiger partial charge in [-0.25, -0.2) is 4.79 Å². The lowest BCUT2D eigenvalue weighted by Gasteiger charge is -2.35. The molecule has 0 saturated carbocycles. The lowest BCUT2D eigenvalue weighted by molar-refractivity contribution is -0.115. The summed E-state index contributed by atoms with van der Waals surface area (Å²) in [6.07, 6.45) is 2.61. The summed E-state index contributed by atoms with van der Waals surface area (Å²) in [7, 11) is 1.31. The van der Waals surface area contributed by atoms with E-state index in [0.717, 1.165) is 32.2 Å². The van der Waals surface area contributed by atoms with Gasteiger partial charge in [0.2, 0.25) is 0 Å². The van der Waals surface area contributed by atoms with Crippen molar-refractivity contribution < 1.29 is 14.3 Å². The van der Waals surface area contributed by atoms with Gasteiger partial charge in [0.1, 0.15) is 11.8 Å². The van der Waals surface area contributed by atoms with Gasteiger partial charge >= 0.3 is 6.09 Å². The Morgan fingerprint density at radius 1 is 1.47 bits per heavy atom.